The highest BCUT2D eigenvalue weighted by Crippen LogP contribution is 2.23. The minimum Gasteiger partial charge on any atom is -0.313 e. The van der Waals surface area contributed by atoms with E-state index in [1.807, 2.05) is 0 Å². The molecule has 1 aromatic heterocycles. The van der Waals surface area contributed by atoms with Gasteiger partial charge in [0.25, 0.3) is 17.4 Å². The van der Waals surface area contributed by atoms with Crippen molar-refractivity contribution in [1.29, 1.82) is 0 Å². The van der Waals surface area contributed by atoms with Crippen molar-refractivity contribution in [2.24, 2.45) is 0 Å². The zero-order valence-corrected chi connectivity index (χ0v) is 8.32. The molecule has 0 atom stereocenters. The second-order valence-electron chi connectivity index (χ2n) is 2.96. The van der Waals surface area contributed by atoms with E-state index < -0.39 is 10.8 Å². The van der Waals surface area contributed by atoms with Gasteiger partial charge in [-0.2, -0.15) is 5.21 Å². The van der Waals surface area contributed by atoms with Gasteiger partial charge in [0, 0.05) is 6.07 Å². The number of amides is 1. The van der Waals surface area contributed by atoms with Crippen LogP contribution in [0.5, 0.6) is 0 Å². The van der Waals surface area contributed by atoms with Crippen LogP contribution >= 0.6 is 0 Å². The number of carbonyl (C=O) groups is 1. The molecule has 1 amide bonds. The predicted octanol–water partition coefficient (Wildman–Crippen LogP) is 0.360. The van der Waals surface area contributed by atoms with Crippen LogP contribution in [0.4, 0.5) is 11.4 Å². The standard InChI is InChI=1S/C8H6N6O3/c15-8(7-10-12-13-11-7)9-5-3-1-2-4-6(5)14(16)17/h1-4H,(H,9,15)(H,10,11,12,13). The highest BCUT2D eigenvalue weighted by Gasteiger charge is 2.17. The van der Waals surface area contributed by atoms with Crippen LogP contribution in [0.15, 0.2) is 24.3 Å². The van der Waals surface area contributed by atoms with Crippen LogP contribution < -0.4 is 5.32 Å². The Balaban J connectivity index is 2.25. The number of hydrogen-bond acceptors (Lipinski definition) is 6. The van der Waals surface area contributed by atoms with Crippen molar-refractivity contribution in [3.8, 4) is 0 Å². The van der Waals surface area contributed by atoms with Gasteiger partial charge in [0.1, 0.15) is 5.69 Å². The van der Waals surface area contributed by atoms with Crippen LogP contribution in [0, 0.1) is 10.1 Å². The second kappa shape index (κ2) is 4.35. The number of benzene rings is 1. The largest absolute Gasteiger partial charge is 0.313 e. The molecule has 0 aliphatic heterocycles. The summed E-state index contributed by atoms with van der Waals surface area (Å²) >= 11 is 0. The minimum atomic E-state index is -0.673. The molecule has 0 saturated heterocycles. The molecule has 0 fully saturated rings. The predicted molar refractivity (Wildman–Crippen MR) is 55.2 cm³/mol. The van der Waals surface area contributed by atoms with E-state index in [-0.39, 0.29) is 17.2 Å². The number of rotatable bonds is 3. The SMILES string of the molecule is O=C(Nc1ccccc1[N+](=O)[O-])c1nn[nH]n1. The second-order valence-corrected chi connectivity index (χ2v) is 2.96. The topological polar surface area (TPSA) is 127 Å². The first-order chi connectivity index (χ1) is 8.18. The Morgan fingerprint density at radius 1 is 1.41 bits per heavy atom. The molecule has 0 bridgehead atoms. The Morgan fingerprint density at radius 2 is 2.18 bits per heavy atom. The molecule has 2 aromatic rings. The highest BCUT2D eigenvalue weighted by molar-refractivity contribution is 6.02. The molecule has 9 heteroatoms. The molecule has 0 radical (unpaired) electrons. The van der Waals surface area contributed by atoms with Gasteiger partial charge < -0.3 is 5.32 Å². The molecule has 9 nitrogen and oxygen atoms in total. The van der Waals surface area contributed by atoms with Crippen molar-refractivity contribution < 1.29 is 9.72 Å². The molecule has 2 N–H and O–H groups in total. The summed E-state index contributed by atoms with van der Waals surface area (Å²) in [5.41, 5.74) is -0.128. The van der Waals surface area contributed by atoms with Gasteiger partial charge in [-0.25, -0.2) is 0 Å². The summed E-state index contributed by atoms with van der Waals surface area (Å²) in [6, 6.07) is 5.77. The third-order valence-electron chi connectivity index (χ3n) is 1.90. The van der Waals surface area contributed by atoms with E-state index in [9.17, 15) is 14.9 Å². The Hall–Kier alpha value is -2.84. The number of tetrazole rings is 1. The van der Waals surface area contributed by atoms with Gasteiger partial charge in [0.2, 0.25) is 0 Å². The minimum absolute atomic E-state index is 0.0762. The van der Waals surface area contributed by atoms with Crippen LogP contribution in [0.1, 0.15) is 10.6 Å². The normalized spacial score (nSPS) is 9.88. The van der Waals surface area contributed by atoms with Crippen molar-refractivity contribution >= 4 is 17.3 Å². The molecule has 0 aliphatic rings. The van der Waals surface area contributed by atoms with Gasteiger partial charge >= 0.3 is 0 Å². The summed E-state index contributed by atoms with van der Waals surface area (Å²) in [6.07, 6.45) is 0. The van der Waals surface area contributed by atoms with Gasteiger partial charge in [-0.3, -0.25) is 14.9 Å². The fourth-order valence-corrected chi connectivity index (χ4v) is 1.17. The molecule has 2 rings (SSSR count). The third-order valence-corrected chi connectivity index (χ3v) is 1.90. The van der Waals surface area contributed by atoms with Gasteiger partial charge in [-0.05, 0) is 11.3 Å². The van der Waals surface area contributed by atoms with E-state index in [1.165, 1.54) is 18.2 Å². The van der Waals surface area contributed by atoms with E-state index >= 15 is 0 Å². The lowest BCUT2D eigenvalue weighted by molar-refractivity contribution is -0.383. The van der Waals surface area contributed by atoms with E-state index in [1.54, 1.807) is 6.07 Å². The fraction of sp³-hybridized carbons (Fsp3) is 0. The van der Waals surface area contributed by atoms with E-state index in [0.717, 1.165) is 0 Å². The Labute approximate surface area is 94.0 Å². The highest BCUT2D eigenvalue weighted by atomic mass is 16.6. The first-order valence-electron chi connectivity index (χ1n) is 4.46. The van der Waals surface area contributed by atoms with Gasteiger partial charge in [-0.1, -0.05) is 12.1 Å². The quantitative estimate of drug-likeness (QED) is 0.583. The number of nitrogens with zero attached hydrogens (tertiary/aromatic N) is 4. The molecule has 17 heavy (non-hydrogen) atoms. The molecule has 86 valence electrons. The number of anilines is 1. The summed E-state index contributed by atoms with van der Waals surface area (Å²) in [5.74, 6) is -0.865. The van der Waals surface area contributed by atoms with Crippen LogP contribution in [0.2, 0.25) is 0 Å². The maximum absolute atomic E-state index is 11.5. The molecular weight excluding hydrogens is 228 g/mol. The lowest BCUT2D eigenvalue weighted by Crippen LogP contribution is -2.14. The van der Waals surface area contributed by atoms with Gasteiger partial charge in [0.05, 0.1) is 4.92 Å². The molecular formula is C8H6N6O3. The van der Waals surface area contributed by atoms with Crippen LogP contribution in [0.3, 0.4) is 0 Å². The van der Waals surface area contributed by atoms with Crippen molar-refractivity contribution in [2.45, 2.75) is 0 Å². The monoisotopic (exact) mass is 234 g/mol. The maximum atomic E-state index is 11.5. The molecule has 0 aliphatic carbocycles. The number of H-pyrrole nitrogens is 1. The van der Waals surface area contributed by atoms with E-state index in [2.05, 4.69) is 25.9 Å². The first-order valence-corrected chi connectivity index (χ1v) is 4.46. The van der Waals surface area contributed by atoms with Crippen molar-refractivity contribution in [1.82, 2.24) is 20.6 Å². The van der Waals surface area contributed by atoms with Crippen molar-refractivity contribution in [3.63, 3.8) is 0 Å². The van der Waals surface area contributed by atoms with Crippen LogP contribution in [0.25, 0.3) is 0 Å². The zero-order chi connectivity index (χ0) is 12.3. The number of nitro benzene ring substituents is 1. The first kappa shape index (κ1) is 10.7. The number of nitrogens with one attached hydrogen (secondary N) is 2. The van der Waals surface area contributed by atoms with E-state index in [0.29, 0.717) is 0 Å². The molecule has 1 aromatic carbocycles. The van der Waals surface area contributed by atoms with Crippen molar-refractivity contribution in [3.05, 3.63) is 40.2 Å². The number of para-hydroxylation sites is 2. The smallest absolute Gasteiger partial charge is 0.297 e. The maximum Gasteiger partial charge on any atom is 0.297 e. The van der Waals surface area contributed by atoms with E-state index in [4.69, 9.17) is 0 Å². The molecule has 1 heterocycles. The summed E-state index contributed by atoms with van der Waals surface area (Å²) in [5, 5.41) is 25.3. The number of hydrogen-bond donors (Lipinski definition) is 2. The number of nitro groups is 1. The van der Waals surface area contributed by atoms with Crippen molar-refractivity contribution in [2.75, 3.05) is 5.32 Å². The van der Waals surface area contributed by atoms with Gasteiger partial charge in [-0.15, -0.1) is 10.2 Å². The Kier molecular flexibility index (Phi) is 2.73. The molecule has 0 unspecified atom stereocenters. The van der Waals surface area contributed by atoms with Gasteiger partial charge in [0.15, 0.2) is 0 Å². The average molecular weight is 234 g/mol. The zero-order valence-electron chi connectivity index (χ0n) is 8.32. The molecule has 0 spiro atoms. The Bertz CT molecular complexity index is 552. The summed E-state index contributed by atoms with van der Waals surface area (Å²) < 4.78 is 0. The number of aromatic nitrogens is 4. The van der Waals surface area contributed by atoms with Crippen LogP contribution in [-0.2, 0) is 0 Å². The third kappa shape index (κ3) is 2.22. The summed E-state index contributed by atoms with van der Waals surface area (Å²) in [7, 11) is 0. The number of aromatic amines is 1. The number of carbonyl (C=O) groups excluding carboxylic acids is 1. The summed E-state index contributed by atoms with van der Waals surface area (Å²) in [6.45, 7) is 0. The lowest BCUT2D eigenvalue weighted by atomic mass is 10.2. The van der Waals surface area contributed by atoms with Crippen LogP contribution in [-0.4, -0.2) is 31.5 Å². The average Bonchev–Trinajstić information content (AvgIpc) is 2.83. The lowest BCUT2D eigenvalue weighted by Gasteiger charge is -2.02. The fourth-order valence-electron chi connectivity index (χ4n) is 1.17. The Morgan fingerprint density at radius 3 is 2.82 bits per heavy atom. The summed E-state index contributed by atoms with van der Waals surface area (Å²) in [4.78, 5) is 21.6. The molecule has 0 saturated carbocycles.